The van der Waals surface area contributed by atoms with Crippen LogP contribution in [-0.2, 0) is 14.8 Å². The number of carbonyl (C=O) groups is 2. The molecule has 0 heterocycles. The molecule has 1 atom stereocenters. The van der Waals surface area contributed by atoms with Crippen LogP contribution in [-0.4, -0.2) is 39.6 Å². The number of benzene rings is 2. The van der Waals surface area contributed by atoms with E-state index in [2.05, 4.69) is 5.32 Å². The number of nitrogens with one attached hydrogen (secondary N) is 1. The van der Waals surface area contributed by atoms with E-state index in [1.165, 1.54) is 26.2 Å². The topological polar surface area (TPSA) is 119 Å². The molecule has 0 aliphatic heterocycles. The minimum absolute atomic E-state index is 0.133. The third-order valence-electron chi connectivity index (χ3n) is 3.87. The maximum absolute atomic E-state index is 12.7. The summed E-state index contributed by atoms with van der Waals surface area (Å²) in [6.07, 6.45) is 1.01. The standard InChI is InChI=1S/C18H21N3O5S/c1-12(18(23)20-16-7-5-4-6-15(16)17(19)22)21(27(3,24)25)13-8-10-14(26-2)11-9-13/h4-12H,1-3H3,(H2,19,22)(H,20,23)/t12-/m0/s1. The van der Waals surface area contributed by atoms with Crippen molar-refractivity contribution < 1.29 is 22.7 Å². The van der Waals surface area contributed by atoms with E-state index in [0.717, 1.165) is 10.6 Å². The Bertz CT molecular complexity index is 942. The molecule has 2 aromatic rings. The number of nitrogens with zero attached hydrogens (tertiary/aromatic N) is 1. The van der Waals surface area contributed by atoms with Crippen molar-refractivity contribution >= 4 is 33.2 Å². The Kier molecular flexibility index (Phi) is 6.06. The lowest BCUT2D eigenvalue weighted by molar-refractivity contribution is -0.116. The number of methoxy groups -OCH3 is 1. The van der Waals surface area contributed by atoms with Gasteiger partial charge in [-0.3, -0.25) is 13.9 Å². The van der Waals surface area contributed by atoms with Crippen LogP contribution in [0.25, 0.3) is 0 Å². The SMILES string of the molecule is COc1ccc(N([C@@H](C)C(=O)Nc2ccccc2C(N)=O)S(C)(=O)=O)cc1. The molecule has 0 aliphatic carbocycles. The molecule has 0 fully saturated rings. The summed E-state index contributed by atoms with van der Waals surface area (Å²) in [5.41, 5.74) is 5.96. The fourth-order valence-electron chi connectivity index (χ4n) is 2.58. The van der Waals surface area contributed by atoms with Gasteiger partial charge in [0, 0.05) is 0 Å². The van der Waals surface area contributed by atoms with E-state index in [1.54, 1.807) is 36.4 Å². The highest BCUT2D eigenvalue weighted by Gasteiger charge is 2.29. The molecule has 0 saturated heterocycles. The van der Waals surface area contributed by atoms with E-state index in [4.69, 9.17) is 10.5 Å². The largest absolute Gasteiger partial charge is 0.497 e. The number of hydrogen-bond acceptors (Lipinski definition) is 5. The Morgan fingerprint density at radius 1 is 1.11 bits per heavy atom. The van der Waals surface area contributed by atoms with Crippen LogP contribution in [0.1, 0.15) is 17.3 Å². The van der Waals surface area contributed by atoms with E-state index in [0.29, 0.717) is 11.4 Å². The lowest BCUT2D eigenvalue weighted by Gasteiger charge is -2.28. The molecule has 0 unspecified atom stereocenters. The fourth-order valence-corrected chi connectivity index (χ4v) is 3.76. The van der Waals surface area contributed by atoms with Crippen molar-refractivity contribution in [1.82, 2.24) is 0 Å². The van der Waals surface area contributed by atoms with Gasteiger partial charge < -0.3 is 15.8 Å². The van der Waals surface area contributed by atoms with Crippen molar-refractivity contribution in [3.63, 3.8) is 0 Å². The summed E-state index contributed by atoms with van der Waals surface area (Å²) in [5.74, 6) is -0.752. The lowest BCUT2D eigenvalue weighted by atomic mass is 10.1. The van der Waals surface area contributed by atoms with Gasteiger partial charge in [0.15, 0.2) is 0 Å². The van der Waals surface area contributed by atoms with Gasteiger partial charge in [0.05, 0.1) is 30.3 Å². The highest BCUT2D eigenvalue weighted by atomic mass is 32.2. The normalized spacial score (nSPS) is 12.1. The van der Waals surface area contributed by atoms with Crippen LogP contribution in [0.2, 0.25) is 0 Å². The molecular formula is C18H21N3O5S. The molecule has 2 aromatic carbocycles. The molecule has 27 heavy (non-hydrogen) atoms. The summed E-state index contributed by atoms with van der Waals surface area (Å²) in [7, 11) is -2.26. The monoisotopic (exact) mass is 391 g/mol. The maximum atomic E-state index is 12.7. The Morgan fingerprint density at radius 2 is 1.70 bits per heavy atom. The van der Waals surface area contributed by atoms with Gasteiger partial charge in [-0.1, -0.05) is 12.1 Å². The summed E-state index contributed by atoms with van der Waals surface area (Å²) < 4.78 is 30.7. The second kappa shape index (κ2) is 8.09. The first-order valence-corrected chi connectivity index (χ1v) is 9.83. The highest BCUT2D eigenvalue weighted by Crippen LogP contribution is 2.24. The number of anilines is 2. The summed E-state index contributed by atoms with van der Waals surface area (Å²) in [6, 6.07) is 11.4. The molecule has 0 aromatic heterocycles. The number of primary amides is 1. The van der Waals surface area contributed by atoms with E-state index in [-0.39, 0.29) is 11.3 Å². The van der Waals surface area contributed by atoms with Crippen molar-refractivity contribution in [3.8, 4) is 5.75 Å². The van der Waals surface area contributed by atoms with Gasteiger partial charge in [-0.15, -0.1) is 0 Å². The van der Waals surface area contributed by atoms with Gasteiger partial charge in [-0.05, 0) is 43.3 Å². The molecule has 9 heteroatoms. The van der Waals surface area contributed by atoms with Crippen LogP contribution in [0.5, 0.6) is 5.75 Å². The lowest BCUT2D eigenvalue weighted by Crippen LogP contribution is -2.45. The van der Waals surface area contributed by atoms with Crippen LogP contribution in [0.15, 0.2) is 48.5 Å². The second-order valence-electron chi connectivity index (χ2n) is 5.83. The van der Waals surface area contributed by atoms with E-state index < -0.39 is 27.9 Å². The second-order valence-corrected chi connectivity index (χ2v) is 7.69. The van der Waals surface area contributed by atoms with Crippen LogP contribution in [0.4, 0.5) is 11.4 Å². The zero-order valence-electron chi connectivity index (χ0n) is 15.2. The van der Waals surface area contributed by atoms with Crippen LogP contribution in [0, 0.1) is 0 Å². The smallest absolute Gasteiger partial charge is 0.250 e. The Hall–Kier alpha value is -3.07. The minimum atomic E-state index is -3.76. The molecule has 3 N–H and O–H groups in total. The first-order valence-electron chi connectivity index (χ1n) is 7.98. The van der Waals surface area contributed by atoms with Crippen LogP contribution < -0.4 is 20.1 Å². The van der Waals surface area contributed by atoms with Gasteiger partial charge in [0.1, 0.15) is 11.8 Å². The number of rotatable bonds is 7. The molecule has 144 valence electrons. The molecule has 2 rings (SSSR count). The van der Waals surface area contributed by atoms with Gasteiger partial charge >= 0.3 is 0 Å². The zero-order chi connectivity index (χ0) is 20.2. The Labute approximate surface area is 158 Å². The summed E-state index contributed by atoms with van der Waals surface area (Å²) in [6.45, 7) is 1.45. The quantitative estimate of drug-likeness (QED) is 0.743. The number of para-hydroxylation sites is 1. The van der Waals surface area contributed by atoms with E-state index in [1.807, 2.05) is 0 Å². The average molecular weight is 391 g/mol. The Balaban J connectivity index is 2.34. The van der Waals surface area contributed by atoms with Crippen molar-refractivity contribution in [3.05, 3.63) is 54.1 Å². The highest BCUT2D eigenvalue weighted by molar-refractivity contribution is 7.92. The number of amides is 2. The van der Waals surface area contributed by atoms with Crippen molar-refractivity contribution in [2.24, 2.45) is 5.73 Å². The first-order chi connectivity index (χ1) is 12.6. The third kappa shape index (κ3) is 4.76. The predicted octanol–water partition coefficient (Wildman–Crippen LogP) is 1.59. The molecule has 0 aliphatic rings. The number of ether oxygens (including phenoxy) is 1. The van der Waals surface area contributed by atoms with E-state index >= 15 is 0 Å². The molecular weight excluding hydrogens is 370 g/mol. The third-order valence-corrected chi connectivity index (χ3v) is 5.11. The maximum Gasteiger partial charge on any atom is 0.250 e. The summed E-state index contributed by atoms with van der Waals surface area (Å²) in [4.78, 5) is 24.2. The minimum Gasteiger partial charge on any atom is -0.497 e. The predicted molar refractivity (Wildman–Crippen MR) is 103 cm³/mol. The number of nitrogens with two attached hydrogens (primary N) is 1. The molecule has 2 amide bonds. The summed E-state index contributed by atoms with van der Waals surface area (Å²) >= 11 is 0. The Morgan fingerprint density at radius 3 is 2.22 bits per heavy atom. The van der Waals surface area contributed by atoms with Crippen molar-refractivity contribution in [2.45, 2.75) is 13.0 Å². The molecule has 0 bridgehead atoms. The van der Waals surface area contributed by atoms with Gasteiger partial charge in [-0.2, -0.15) is 0 Å². The molecule has 0 saturated carbocycles. The number of carbonyl (C=O) groups excluding carboxylic acids is 2. The molecule has 0 radical (unpaired) electrons. The van der Waals surface area contributed by atoms with Crippen LogP contribution in [0.3, 0.4) is 0 Å². The van der Waals surface area contributed by atoms with E-state index in [9.17, 15) is 18.0 Å². The van der Waals surface area contributed by atoms with Crippen molar-refractivity contribution in [1.29, 1.82) is 0 Å². The first kappa shape index (κ1) is 20.2. The van der Waals surface area contributed by atoms with Gasteiger partial charge in [-0.25, -0.2) is 8.42 Å². The zero-order valence-corrected chi connectivity index (χ0v) is 16.0. The molecule has 0 spiro atoms. The van der Waals surface area contributed by atoms with Crippen LogP contribution >= 0.6 is 0 Å². The number of hydrogen-bond donors (Lipinski definition) is 2. The average Bonchev–Trinajstić information content (AvgIpc) is 2.61. The fraction of sp³-hybridized carbons (Fsp3) is 0.222. The summed E-state index contributed by atoms with van der Waals surface area (Å²) in [5, 5.41) is 2.57. The molecule has 8 nitrogen and oxygen atoms in total. The van der Waals surface area contributed by atoms with Gasteiger partial charge in [0.2, 0.25) is 15.9 Å². The van der Waals surface area contributed by atoms with Crippen molar-refractivity contribution in [2.75, 3.05) is 23.0 Å². The number of sulfonamides is 1. The van der Waals surface area contributed by atoms with Gasteiger partial charge in [0.25, 0.3) is 5.91 Å².